The number of rotatable bonds is 5. The normalized spacial score (nSPS) is 15.1. The van der Waals surface area contributed by atoms with Crippen molar-refractivity contribution in [1.82, 2.24) is 9.80 Å². The van der Waals surface area contributed by atoms with E-state index in [0.717, 1.165) is 25.2 Å². The SMILES string of the molecule is Cc1ccc(N/C=C(/C#N)C(=O)N2CCN(Cc3ccccc3)CC2)c(N)c1. The Labute approximate surface area is 165 Å². The summed E-state index contributed by atoms with van der Waals surface area (Å²) < 4.78 is 0. The molecule has 28 heavy (non-hydrogen) atoms. The van der Waals surface area contributed by atoms with Crippen molar-refractivity contribution in [3.05, 3.63) is 71.4 Å². The van der Waals surface area contributed by atoms with Gasteiger partial charge in [-0.15, -0.1) is 0 Å². The summed E-state index contributed by atoms with van der Waals surface area (Å²) in [5, 5.41) is 12.4. The Hall–Kier alpha value is -3.30. The number of amides is 1. The minimum Gasteiger partial charge on any atom is -0.397 e. The molecule has 1 heterocycles. The van der Waals surface area contributed by atoms with Crippen LogP contribution < -0.4 is 11.1 Å². The molecular weight excluding hydrogens is 350 g/mol. The van der Waals surface area contributed by atoms with Gasteiger partial charge in [0.2, 0.25) is 0 Å². The van der Waals surface area contributed by atoms with Gasteiger partial charge in [-0.25, -0.2) is 0 Å². The number of hydrogen-bond acceptors (Lipinski definition) is 5. The van der Waals surface area contributed by atoms with Crippen LogP contribution >= 0.6 is 0 Å². The molecule has 0 aromatic heterocycles. The van der Waals surface area contributed by atoms with Crippen LogP contribution in [0.25, 0.3) is 0 Å². The third kappa shape index (κ3) is 4.90. The Kier molecular flexibility index (Phi) is 6.30. The van der Waals surface area contributed by atoms with E-state index in [1.54, 1.807) is 4.90 Å². The number of nitrogens with zero attached hydrogens (tertiary/aromatic N) is 3. The summed E-state index contributed by atoms with van der Waals surface area (Å²) in [5.74, 6) is -0.250. The van der Waals surface area contributed by atoms with Crippen molar-refractivity contribution in [3.63, 3.8) is 0 Å². The Balaban J connectivity index is 1.57. The first-order valence-electron chi connectivity index (χ1n) is 9.35. The second-order valence-electron chi connectivity index (χ2n) is 6.96. The molecule has 2 aromatic carbocycles. The lowest BCUT2D eigenvalue weighted by Crippen LogP contribution is -2.48. The third-order valence-corrected chi connectivity index (χ3v) is 4.84. The number of anilines is 2. The smallest absolute Gasteiger partial charge is 0.266 e. The molecule has 0 bridgehead atoms. The monoisotopic (exact) mass is 375 g/mol. The van der Waals surface area contributed by atoms with Gasteiger partial charge in [0.15, 0.2) is 0 Å². The summed E-state index contributed by atoms with van der Waals surface area (Å²) in [6.45, 7) is 5.62. The first-order valence-corrected chi connectivity index (χ1v) is 9.35. The molecule has 3 rings (SSSR count). The van der Waals surface area contributed by atoms with Gasteiger partial charge in [-0.3, -0.25) is 9.69 Å². The number of nitrogens with two attached hydrogens (primary N) is 1. The van der Waals surface area contributed by atoms with Crippen molar-refractivity contribution in [2.24, 2.45) is 0 Å². The topological polar surface area (TPSA) is 85.4 Å². The summed E-state index contributed by atoms with van der Waals surface area (Å²) in [7, 11) is 0. The molecule has 0 unspecified atom stereocenters. The number of piperazine rings is 1. The van der Waals surface area contributed by atoms with E-state index in [-0.39, 0.29) is 11.5 Å². The van der Waals surface area contributed by atoms with E-state index in [1.165, 1.54) is 11.8 Å². The van der Waals surface area contributed by atoms with Gasteiger partial charge in [0.1, 0.15) is 11.6 Å². The highest BCUT2D eigenvalue weighted by atomic mass is 16.2. The standard InChI is InChI=1S/C22H25N5O/c1-17-7-8-21(20(24)13-17)25-15-19(14-23)22(28)27-11-9-26(10-12-27)16-18-5-3-2-4-6-18/h2-8,13,15,25H,9-12,16,24H2,1H3/b19-15-. The molecule has 0 spiro atoms. The Bertz CT molecular complexity index is 893. The molecule has 1 amide bonds. The zero-order chi connectivity index (χ0) is 19.9. The van der Waals surface area contributed by atoms with Gasteiger partial charge in [0, 0.05) is 38.9 Å². The van der Waals surface area contributed by atoms with Gasteiger partial charge in [-0.1, -0.05) is 36.4 Å². The van der Waals surface area contributed by atoms with E-state index in [4.69, 9.17) is 5.73 Å². The van der Waals surface area contributed by atoms with E-state index in [2.05, 4.69) is 22.3 Å². The third-order valence-electron chi connectivity index (χ3n) is 4.84. The number of carbonyl (C=O) groups excluding carboxylic acids is 1. The van der Waals surface area contributed by atoms with Gasteiger partial charge in [0.25, 0.3) is 5.91 Å². The van der Waals surface area contributed by atoms with Gasteiger partial charge in [-0.2, -0.15) is 5.26 Å². The van der Waals surface area contributed by atoms with Crippen LogP contribution in [0.2, 0.25) is 0 Å². The van der Waals surface area contributed by atoms with Crippen LogP contribution in [0.1, 0.15) is 11.1 Å². The van der Waals surface area contributed by atoms with Crippen molar-refractivity contribution in [1.29, 1.82) is 5.26 Å². The quantitative estimate of drug-likeness (QED) is 0.477. The Morgan fingerprint density at radius 3 is 2.54 bits per heavy atom. The zero-order valence-electron chi connectivity index (χ0n) is 16.1. The summed E-state index contributed by atoms with van der Waals surface area (Å²) >= 11 is 0. The van der Waals surface area contributed by atoms with Gasteiger partial charge >= 0.3 is 0 Å². The number of nitriles is 1. The lowest BCUT2D eigenvalue weighted by molar-refractivity contribution is -0.128. The largest absolute Gasteiger partial charge is 0.397 e. The van der Waals surface area contributed by atoms with Crippen molar-refractivity contribution in [3.8, 4) is 6.07 Å². The van der Waals surface area contributed by atoms with Crippen molar-refractivity contribution in [2.45, 2.75) is 13.5 Å². The van der Waals surface area contributed by atoms with Crippen LogP contribution in [0.5, 0.6) is 0 Å². The first kappa shape index (κ1) is 19.5. The van der Waals surface area contributed by atoms with Crippen LogP contribution in [0.15, 0.2) is 60.3 Å². The fourth-order valence-corrected chi connectivity index (χ4v) is 3.23. The minimum atomic E-state index is -0.250. The summed E-state index contributed by atoms with van der Waals surface area (Å²) in [4.78, 5) is 16.8. The van der Waals surface area contributed by atoms with E-state index < -0.39 is 0 Å². The van der Waals surface area contributed by atoms with Gasteiger partial charge < -0.3 is 16.0 Å². The predicted molar refractivity (Wildman–Crippen MR) is 111 cm³/mol. The predicted octanol–water partition coefficient (Wildman–Crippen LogP) is 2.74. The Morgan fingerprint density at radius 2 is 1.89 bits per heavy atom. The first-order chi connectivity index (χ1) is 13.6. The molecule has 2 aromatic rings. The van der Waals surface area contributed by atoms with Gasteiger partial charge in [0.05, 0.1) is 11.4 Å². The lowest BCUT2D eigenvalue weighted by Gasteiger charge is -2.34. The average Bonchev–Trinajstić information content (AvgIpc) is 2.71. The van der Waals surface area contributed by atoms with Crippen molar-refractivity contribution >= 4 is 17.3 Å². The lowest BCUT2D eigenvalue weighted by atomic mass is 10.2. The molecule has 0 aliphatic carbocycles. The van der Waals surface area contributed by atoms with E-state index in [9.17, 15) is 10.1 Å². The van der Waals surface area contributed by atoms with E-state index >= 15 is 0 Å². The molecule has 0 atom stereocenters. The van der Waals surface area contributed by atoms with Crippen LogP contribution in [0.3, 0.4) is 0 Å². The highest BCUT2D eigenvalue weighted by Crippen LogP contribution is 2.20. The second-order valence-corrected chi connectivity index (χ2v) is 6.96. The molecular formula is C22H25N5O. The van der Waals surface area contributed by atoms with E-state index in [1.807, 2.05) is 49.4 Å². The molecule has 0 saturated carbocycles. The maximum absolute atomic E-state index is 12.7. The van der Waals surface area contributed by atoms with Crippen molar-refractivity contribution < 1.29 is 4.79 Å². The minimum absolute atomic E-state index is 0.0801. The molecule has 1 aliphatic rings. The molecule has 0 radical (unpaired) electrons. The van der Waals surface area contributed by atoms with Gasteiger partial charge in [-0.05, 0) is 30.2 Å². The average molecular weight is 375 g/mol. The maximum atomic E-state index is 12.7. The fourth-order valence-electron chi connectivity index (χ4n) is 3.23. The summed E-state index contributed by atoms with van der Waals surface area (Å²) in [6, 6.07) is 17.9. The number of nitrogens with one attached hydrogen (secondary N) is 1. The number of benzene rings is 2. The van der Waals surface area contributed by atoms with Crippen LogP contribution in [0.4, 0.5) is 11.4 Å². The number of nitrogen functional groups attached to an aromatic ring is 1. The molecule has 1 saturated heterocycles. The molecule has 3 N–H and O–H groups in total. The number of aryl methyl sites for hydroxylation is 1. The van der Waals surface area contributed by atoms with Crippen LogP contribution in [0, 0.1) is 18.3 Å². The zero-order valence-corrected chi connectivity index (χ0v) is 16.1. The maximum Gasteiger partial charge on any atom is 0.266 e. The molecule has 6 nitrogen and oxygen atoms in total. The summed E-state index contributed by atoms with van der Waals surface area (Å²) in [6.07, 6.45) is 1.44. The second kappa shape index (κ2) is 9.07. The molecule has 6 heteroatoms. The molecule has 144 valence electrons. The molecule has 1 fully saturated rings. The highest BCUT2D eigenvalue weighted by Gasteiger charge is 2.23. The summed E-state index contributed by atoms with van der Waals surface area (Å²) in [5.41, 5.74) is 9.63. The Morgan fingerprint density at radius 1 is 1.18 bits per heavy atom. The fraction of sp³-hybridized carbons (Fsp3) is 0.273. The number of hydrogen-bond donors (Lipinski definition) is 2. The van der Waals surface area contributed by atoms with Crippen LogP contribution in [-0.2, 0) is 11.3 Å². The highest BCUT2D eigenvalue weighted by molar-refractivity contribution is 5.97. The van der Waals surface area contributed by atoms with E-state index in [0.29, 0.717) is 24.5 Å². The number of carbonyl (C=O) groups is 1. The van der Waals surface area contributed by atoms with Crippen LogP contribution in [-0.4, -0.2) is 41.9 Å². The molecule has 1 aliphatic heterocycles. The van der Waals surface area contributed by atoms with Crippen molar-refractivity contribution in [2.75, 3.05) is 37.2 Å².